The average molecular weight is 350 g/mol. The van der Waals surface area contributed by atoms with Crippen molar-refractivity contribution in [2.75, 3.05) is 14.2 Å². The van der Waals surface area contributed by atoms with Crippen molar-refractivity contribution in [1.82, 2.24) is 4.98 Å². The van der Waals surface area contributed by atoms with Gasteiger partial charge >= 0.3 is 6.18 Å². The van der Waals surface area contributed by atoms with E-state index >= 15 is 0 Å². The van der Waals surface area contributed by atoms with Crippen LogP contribution < -0.4 is 4.74 Å². The van der Waals surface area contributed by atoms with E-state index < -0.39 is 11.7 Å². The fourth-order valence-corrected chi connectivity index (χ4v) is 2.08. The number of pyridine rings is 1. The summed E-state index contributed by atoms with van der Waals surface area (Å²) >= 11 is 0. The Morgan fingerprint density at radius 3 is 2.32 bits per heavy atom. The van der Waals surface area contributed by atoms with E-state index in [4.69, 9.17) is 4.74 Å². The molecule has 2 rings (SSSR count). The van der Waals surface area contributed by atoms with E-state index in [-0.39, 0.29) is 5.69 Å². The van der Waals surface area contributed by atoms with Crippen LogP contribution in [0.4, 0.5) is 13.2 Å². The summed E-state index contributed by atoms with van der Waals surface area (Å²) in [5.74, 6) is 0.853. The third-order valence-electron chi connectivity index (χ3n) is 3.26. The largest absolute Gasteiger partial charge is 0.496 e. The van der Waals surface area contributed by atoms with Crippen LogP contribution in [0, 0.1) is 6.92 Å². The zero-order valence-electron chi connectivity index (χ0n) is 14.6. The van der Waals surface area contributed by atoms with Gasteiger partial charge in [0.2, 0.25) is 0 Å². The Hall–Kier alpha value is -2.63. The van der Waals surface area contributed by atoms with Crippen LogP contribution in [0.3, 0.4) is 0 Å². The van der Waals surface area contributed by atoms with Gasteiger partial charge in [0.1, 0.15) is 5.75 Å². The molecule has 6 heteroatoms. The number of nitrogens with zero attached hydrogens (tertiary/aromatic N) is 2. The lowest BCUT2D eigenvalue weighted by Gasteiger charge is -2.07. The smallest absolute Gasteiger partial charge is 0.418 e. The number of hydrogen-bond acceptors (Lipinski definition) is 3. The van der Waals surface area contributed by atoms with Gasteiger partial charge in [-0.1, -0.05) is 18.2 Å². The summed E-state index contributed by atoms with van der Waals surface area (Å²) < 4.78 is 41.3. The minimum Gasteiger partial charge on any atom is -0.496 e. The fraction of sp³-hybridized carbons (Fsp3) is 0.263. The zero-order chi connectivity index (χ0) is 18.9. The highest BCUT2D eigenvalue weighted by molar-refractivity contribution is 6.10. The van der Waals surface area contributed by atoms with Crippen LogP contribution in [0.1, 0.15) is 23.7 Å². The molecule has 0 amide bonds. The topological polar surface area (TPSA) is 34.5 Å². The lowest BCUT2D eigenvalue weighted by molar-refractivity contribution is -0.138. The Morgan fingerprint density at radius 1 is 1.16 bits per heavy atom. The molecule has 0 radical (unpaired) electrons. The highest BCUT2D eigenvalue weighted by atomic mass is 19.4. The second-order valence-corrected chi connectivity index (χ2v) is 4.94. The molecule has 0 saturated carbocycles. The van der Waals surface area contributed by atoms with Crippen LogP contribution in [-0.4, -0.2) is 24.9 Å². The maximum atomic E-state index is 12.0. The minimum atomic E-state index is -4.28. The SMILES string of the molecule is C/C=C\C(=NC)c1ccccc1OC.Cc1ncccc1C(F)(F)F. The van der Waals surface area contributed by atoms with Crippen LogP contribution in [0.25, 0.3) is 0 Å². The van der Waals surface area contributed by atoms with Gasteiger partial charge in [0, 0.05) is 24.5 Å². The first-order valence-electron chi connectivity index (χ1n) is 7.56. The molecule has 0 aliphatic heterocycles. The molecular weight excluding hydrogens is 329 g/mol. The second-order valence-electron chi connectivity index (χ2n) is 4.94. The van der Waals surface area contributed by atoms with Gasteiger partial charge in [-0.05, 0) is 44.2 Å². The van der Waals surface area contributed by atoms with Crippen molar-refractivity contribution >= 4 is 5.71 Å². The summed E-state index contributed by atoms with van der Waals surface area (Å²) in [7, 11) is 3.45. The van der Waals surface area contributed by atoms with E-state index in [0.29, 0.717) is 0 Å². The summed E-state index contributed by atoms with van der Waals surface area (Å²) in [6, 6.07) is 10.2. The molecule has 0 N–H and O–H groups in total. The highest BCUT2D eigenvalue weighted by Gasteiger charge is 2.32. The third-order valence-corrected chi connectivity index (χ3v) is 3.26. The maximum absolute atomic E-state index is 12.0. The molecule has 0 unspecified atom stereocenters. The van der Waals surface area contributed by atoms with E-state index in [1.54, 1.807) is 14.2 Å². The number of benzene rings is 1. The van der Waals surface area contributed by atoms with E-state index in [2.05, 4.69) is 9.98 Å². The highest BCUT2D eigenvalue weighted by Crippen LogP contribution is 2.30. The Bertz CT molecular complexity index is 737. The first-order valence-corrected chi connectivity index (χ1v) is 7.56. The summed E-state index contributed by atoms with van der Waals surface area (Å²) in [6.45, 7) is 3.31. The first kappa shape index (κ1) is 20.4. The fourth-order valence-electron chi connectivity index (χ4n) is 2.08. The van der Waals surface area contributed by atoms with Crippen LogP contribution in [0.15, 0.2) is 59.7 Å². The van der Waals surface area contributed by atoms with Gasteiger partial charge < -0.3 is 4.74 Å². The molecule has 0 aliphatic rings. The number of rotatable bonds is 3. The standard InChI is InChI=1S/C12H15NO.C7H6F3N/c1-4-7-11(13-2)10-8-5-6-9-12(10)14-3;1-5-6(7(8,9)10)3-2-4-11-5/h4-9H,1-3H3;2-4H,1H3/b7-4-,13-11?;. The van der Waals surface area contributed by atoms with Crippen molar-refractivity contribution in [2.45, 2.75) is 20.0 Å². The molecule has 0 saturated heterocycles. The number of para-hydroxylation sites is 1. The predicted molar refractivity (Wildman–Crippen MR) is 94.2 cm³/mol. The Kier molecular flexibility index (Phi) is 7.85. The summed E-state index contributed by atoms with van der Waals surface area (Å²) in [4.78, 5) is 7.73. The lowest BCUT2D eigenvalue weighted by atomic mass is 10.1. The minimum absolute atomic E-state index is 0.0139. The van der Waals surface area contributed by atoms with Crippen molar-refractivity contribution in [3.8, 4) is 5.75 Å². The van der Waals surface area contributed by atoms with E-state index in [9.17, 15) is 13.2 Å². The van der Waals surface area contributed by atoms with Gasteiger partial charge in [0.25, 0.3) is 0 Å². The van der Waals surface area contributed by atoms with Crippen molar-refractivity contribution in [3.63, 3.8) is 0 Å². The monoisotopic (exact) mass is 350 g/mol. The number of halogens is 3. The molecule has 2 aromatic rings. The summed E-state index contributed by atoms with van der Waals surface area (Å²) in [6.07, 6.45) is 0.996. The molecule has 0 fully saturated rings. The number of methoxy groups -OCH3 is 1. The Balaban J connectivity index is 0.000000257. The van der Waals surface area contributed by atoms with Crippen molar-refractivity contribution in [1.29, 1.82) is 0 Å². The van der Waals surface area contributed by atoms with E-state index in [1.807, 2.05) is 43.3 Å². The number of ether oxygens (including phenoxy) is 1. The number of aliphatic imine (C=N–C) groups is 1. The molecule has 0 spiro atoms. The van der Waals surface area contributed by atoms with Gasteiger partial charge in [-0.3, -0.25) is 9.98 Å². The van der Waals surface area contributed by atoms with Crippen LogP contribution in [0.5, 0.6) is 5.75 Å². The Morgan fingerprint density at radius 2 is 1.84 bits per heavy atom. The molecule has 25 heavy (non-hydrogen) atoms. The predicted octanol–water partition coefficient (Wildman–Crippen LogP) is 5.10. The second kappa shape index (κ2) is 9.61. The average Bonchev–Trinajstić information content (AvgIpc) is 2.59. The normalized spacial score (nSPS) is 11.9. The molecule has 0 atom stereocenters. The van der Waals surface area contributed by atoms with Gasteiger partial charge in [-0.25, -0.2) is 0 Å². The molecule has 0 aliphatic carbocycles. The number of hydrogen-bond donors (Lipinski definition) is 0. The number of alkyl halides is 3. The summed E-state index contributed by atoms with van der Waals surface area (Å²) in [5.41, 5.74) is 1.31. The molecule has 134 valence electrons. The molecule has 3 nitrogen and oxygen atoms in total. The number of aryl methyl sites for hydroxylation is 1. The lowest BCUT2D eigenvalue weighted by Crippen LogP contribution is -2.07. The quantitative estimate of drug-likeness (QED) is 0.722. The van der Waals surface area contributed by atoms with Gasteiger partial charge in [0.15, 0.2) is 0 Å². The molecular formula is C19H21F3N2O. The molecule has 1 aromatic heterocycles. The summed E-state index contributed by atoms with van der Waals surface area (Å²) in [5, 5.41) is 0. The van der Waals surface area contributed by atoms with Crippen LogP contribution in [-0.2, 0) is 6.18 Å². The van der Waals surface area contributed by atoms with Crippen molar-refractivity contribution in [3.05, 3.63) is 71.6 Å². The van der Waals surface area contributed by atoms with Gasteiger partial charge in [-0.2, -0.15) is 13.2 Å². The van der Waals surface area contributed by atoms with E-state index in [1.165, 1.54) is 19.2 Å². The molecule has 1 aromatic carbocycles. The first-order chi connectivity index (χ1) is 11.8. The maximum Gasteiger partial charge on any atom is 0.418 e. The zero-order valence-corrected chi connectivity index (χ0v) is 14.6. The van der Waals surface area contributed by atoms with Gasteiger partial charge in [0.05, 0.1) is 18.4 Å². The Labute approximate surface area is 145 Å². The molecule has 0 bridgehead atoms. The number of allylic oxidation sites excluding steroid dienone is 2. The molecule has 1 heterocycles. The van der Waals surface area contributed by atoms with Crippen molar-refractivity contribution in [2.24, 2.45) is 4.99 Å². The van der Waals surface area contributed by atoms with Crippen molar-refractivity contribution < 1.29 is 17.9 Å². The van der Waals surface area contributed by atoms with Crippen LogP contribution >= 0.6 is 0 Å². The van der Waals surface area contributed by atoms with E-state index in [0.717, 1.165) is 23.1 Å². The van der Waals surface area contributed by atoms with Gasteiger partial charge in [-0.15, -0.1) is 0 Å². The third kappa shape index (κ3) is 6.06. The van der Waals surface area contributed by atoms with Crippen LogP contribution in [0.2, 0.25) is 0 Å². The number of aromatic nitrogens is 1.